The average Bonchev–Trinajstić information content (AvgIpc) is 3.40. The SMILES string of the molecule is Cn1nnnc1SCC1=C(C(=O)O)N2C(=O)C(NC(=O)C(=CC(N)=O)c3csc(N)n3)[C@H]2SC1. The summed E-state index contributed by atoms with van der Waals surface area (Å²) in [7, 11) is 1.66. The molecule has 14 nitrogen and oxygen atoms in total. The van der Waals surface area contributed by atoms with Crippen LogP contribution in [0.1, 0.15) is 5.69 Å². The fourth-order valence-corrected chi connectivity index (χ4v) is 6.22. The lowest BCUT2D eigenvalue weighted by molar-refractivity contribution is -0.150. The van der Waals surface area contributed by atoms with E-state index in [-0.39, 0.29) is 27.8 Å². The van der Waals surface area contributed by atoms with Crippen LogP contribution in [0, 0.1) is 0 Å². The first-order chi connectivity index (χ1) is 16.2. The van der Waals surface area contributed by atoms with Gasteiger partial charge in [-0.15, -0.1) is 28.2 Å². The van der Waals surface area contributed by atoms with Crippen molar-refractivity contribution < 1.29 is 24.3 Å². The topological polar surface area (TPSA) is 212 Å². The zero-order chi connectivity index (χ0) is 24.6. The largest absolute Gasteiger partial charge is 0.477 e. The summed E-state index contributed by atoms with van der Waals surface area (Å²) in [5.74, 6) is -2.86. The number of carboxylic acids is 1. The molecule has 17 heteroatoms. The van der Waals surface area contributed by atoms with E-state index in [0.29, 0.717) is 16.5 Å². The third-order valence-corrected chi connectivity index (χ3v) is 7.93. The van der Waals surface area contributed by atoms with Crippen molar-refractivity contribution in [1.82, 2.24) is 35.4 Å². The van der Waals surface area contributed by atoms with E-state index in [1.807, 2.05) is 0 Å². The number of rotatable bonds is 8. The van der Waals surface area contributed by atoms with Crippen molar-refractivity contribution >= 4 is 69.3 Å². The summed E-state index contributed by atoms with van der Waals surface area (Å²) in [5, 5.41) is 25.0. The van der Waals surface area contributed by atoms with Crippen LogP contribution >= 0.6 is 34.9 Å². The molecule has 2 aromatic heterocycles. The molecule has 1 saturated heterocycles. The van der Waals surface area contributed by atoms with Gasteiger partial charge in [-0.25, -0.2) is 14.5 Å². The molecule has 2 aliphatic rings. The number of aryl methyl sites for hydroxylation is 1. The number of fused-ring (bicyclic) bond motifs is 1. The first kappa shape index (κ1) is 23.7. The molecular weight excluding hydrogens is 506 g/mol. The first-order valence-electron chi connectivity index (χ1n) is 9.46. The Morgan fingerprint density at radius 2 is 2.18 bits per heavy atom. The van der Waals surface area contributed by atoms with Gasteiger partial charge in [0, 0.05) is 30.0 Å². The van der Waals surface area contributed by atoms with Crippen LogP contribution in [0.4, 0.5) is 5.13 Å². The van der Waals surface area contributed by atoms with Crippen LogP contribution < -0.4 is 16.8 Å². The fraction of sp³-hybridized carbons (Fsp3) is 0.294. The van der Waals surface area contributed by atoms with Crippen LogP contribution in [0.15, 0.2) is 27.9 Å². The number of anilines is 1. The molecule has 0 aromatic carbocycles. The van der Waals surface area contributed by atoms with Crippen molar-refractivity contribution in [2.75, 3.05) is 17.2 Å². The van der Waals surface area contributed by atoms with Crippen molar-refractivity contribution in [3.8, 4) is 0 Å². The Balaban J connectivity index is 1.51. The third-order valence-electron chi connectivity index (χ3n) is 4.82. The minimum absolute atomic E-state index is 0.123. The fourth-order valence-electron chi connectivity index (χ4n) is 3.32. The minimum Gasteiger partial charge on any atom is -0.477 e. The van der Waals surface area contributed by atoms with Gasteiger partial charge < -0.3 is 21.9 Å². The molecule has 2 aliphatic heterocycles. The first-order valence-corrected chi connectivity index (χ1v) is 12.4. The lowest BCUT2D eigenvalue weighted by Crippen LogP contribution is -2.70. The van der Waals surface area contributed by atoms with Gasteiger partial charge >= 0.3 is 5.97 Å². The van der Waals surface area contributed by atoms with E-state index in [9.17, 15) is 24.3 Å². The van der Waals surface area contributed by atoms with Gasteiger partial charge in [0.05, 0.1) is 11.3 Å². The molecule has 4 rings (SSSR count). The second kappa shape index (κ2) is 9.43. The van der Waals surface area contributed by atoms with Crippen molar-refractivity contribution in [3.63, 3.8) is 0 Å². The smallest absolute Gasteiger partial charge is 0.352 e. The van der Waals surface area contributed by atoms with E-state index in [1.165, 1.54) is 33.6 Å². The normalized spacial score (nSPS) is 20.1. The van der Waals surface area contributed by atoms with Crippen LogP contribution in [0.5, 0.6) is 0 Å². The van der Waals surface area contributed by atoms with Gasteiger partial charge in [-0.05, 0) is 16.0 Å². The molecular formula is C17H17N9O5S3. The Bertz CT molecular complexity index is 1250. The number of β-lactam (4-membered cyclic amide) rings is 1. The number of hydrogen-bond acceptors (Lipinski definition) is 12. The lowest BCUT2D eigenvalue weighted by atomic mass is 10.0. The summed E-state index contributed by atoms with van der Waals surface area (Å²) in [6, 6.07) is -0.990. The summed E-state index contributed by atoms with van der Waals surface area (Å²) in [6.07, 6.45) is 0.901. The molecule has 34 heavy (non-hydrogen) atoms. The van der Waals surface area contributed by atoms with E-state index < -0.39 is 35.1 Å². The molecule has 0 radical (unpaired) electrons. The summed E-state index contributed by atoms with van der Waals surface area (Å²) in [5.41, 5.74) is 11.2. The number of tetrazole rings is 1. The highest BCUT2D eigenvalue weighted by Gasteiger charge is 2.54. The molecule has 6 N–H and O–H groups in total. The number of thiazole rings is 1. The summed E-state index contributed by atoms with van der Waals surface area (Å²) in [6.45, 7) is 0. The number of nitrogens with zero attached hydrogens (tertiary/aromatic N) is 6. The van der Waals surface area contributed by atoms with E-state index in [4.69, 9.17) is 11.5 Å². The van der Waals surface area contributed by atoms with Gasteiger partial charge in [-0.3, -0.25) is 19.3 Å². The molecule has 2 aromatic rings. The lowest BCUT2D eigenvalue weighted by Gasteiger charge is -2.49. The second-order valence-corrected chi connectivity index (χ2v) is 9.96. The maximum absolute atomic E-state index is 12.9. The van der Waals surface area contributed by atoms with Crippen LogP contribution in [0.25, 0.3) is 5.57 Å². The highest BCUT2D eigenvalue weighted by atomic mass is 32.2. The van der Waals surface area contributed by atoms with Crippen molar-refractivity contribution in [2.45, 2.75) is 16.6 Å². The molecule has 0 bridgehead atoms. The van der Waals surface area contributed by atoms with Gasteiger partial charge in [-0.1, -0.05) is 11.8 Å². The monoisotopic (exact) mass is 523 g/mol. The molecule has 3 amide bonds. The Morgan fingerprint density at radius 1 is 1.41 bits per heavy atom. The third kappa shape index (κ3) is 4.48. The maximum atomic E-state index is 12.9. The number of nitrogens with one attached hydrogen (secondary N) is 1. The number of amides is 3. The number of primary amides is 1. The quantitative estimate of drug-likeness (QED) is 0.180. The standard InChI is InChI=1S/C17H17N9O5S3/c1-25-17(22-23-24-25)34-4-6-3-32-14-10(13(29)26(14)11(6)15(30)31)21-12(28)7(2-9(18)27)8-5-33-16(19)20-8/h2,5,10,14H,3-4H2,1H3,(H2,18,27)(H2,19,20)(H,21,28)(H,30,31)/t10?,14-/m1/s1. The van der Waals surface area contributed by atoms with E-state index in [0.717, 1.165) is 22.3 Å². The Labute approximate surface area is 203 Å². The highest BCUT2D eigenvalue weighted by Crippen LogP contribution is 2.41. The maximum Gasteiger partial charge on any atom is 0.352 e. The van der Waals surface area contributed by atoms with Crippen LogP contribution in [-0.2, 0) is 26.2 Å². The predicted octanol–water partition coefficient (Wildman–Crippen LogP) is -1.35. The van der Waals surface area contributed by atoms with Crippen LogP contribution in [-0.4, -0.2) is 81.8 Å². The zero-order valence-corrected chi connectivity index (χ0v) is 19.8. The van der Waals surface area contributed by atoms with E-state index >= 15 is 0 Å². The summed E-state index contributed by atoms with van der Waals surface area (Å²) in [4.78, 5) is 54.3. The molecule has 2 atom stereocenters. The Kier molecular flexibility index (Phi) is 6.58. The van der Waals surface area contributed by atoms with Gasteiger partial charge in [0.15, 0.2) is 5.13 Å². The number of aliphatic carboxylic acids is 1. The number of hydrogen-bond donors (Lipinski definition) is 4. The number of nitrogen functional groups attached to an aromatic ring is 1. The minimum atomic E-state index is -1.25. The Morgan fingerprint density at radius 3 is 2.76 bits per heavy atom. The number of aromatic nitrogens is 5. The number of carbonyl (C=O) groups is 4. The van der Waals surface area contributed by atoms with Crippen molar-refractivity contribution in [1.29, 1.82) is 0 Å². The molecule has 1 unspecified atom stereocenters. The second-order valence-electron chi connectivity index (χ2n) is 7.02. The molecule has 4 heterocycles. The van der Waals surface area contributed by atoms with E-state index in [2.05, 4.69) is 25.8 Å². The Hall–Kier alpha value is -3.44. The summed E-state index contributed by atoms with van der Waals surface area (Å²) >= 11 is 3.63. The van der Waals surface area contributed by atoms with Gasteiger partial charge in [-0.2, -0.15) is 0 Å². The molecule has 178 valence electrons. The van der Waals surface area contributed by atoms with Crippen LogP contribution in [0.3, 0.4) is 0 Å². The molecule has 0 aliphatic carbocycles. The molecule has 0 saturated carbocycles. The van der Waals surface area contributed by atoms with Crippen molar-refractivity contribution in [2.24, 2.45) is 12.8 Å². The van der Waals surface area contributed by atoms with E-state index in [1.54, 1.807) is 7.05 Å². The number of carboxylic acid groups (broad SMARTS) is 1. The van der Waals surface area contributed by atoms with Crippen molar-refractivity contribution in [3.05, 3.63) is 28.4 Å². The zero-order valence-electron chi connectivity index (χ0n) is 17.4. The highest BCUT2D eigenvalue weighted by molar-refractivity contribution is 8.01. The number of carbonyl (C=O) groups excluding carboxylic acids is 3. The van der Waals surface area contributed by atoms with Gasteiger partial charge in [0.25, 0.3) is 11.8 Å². The number of thioether (sulfide) groups is 2. The van der Waals surface area contributed by atoms with Gasteiger partial charge in [0.1, 0.15) is 17.1 Å². The molecule has 1 fully saturated rings. The average molecular weight is 524 g/mol. The summed E-state index contributed by atoms with van der Waals surface area (Å²) < 4.78 is 1.46. The predicted molar refractivity (Wildman–Crippen MR) is 123 cm³/mol. The molecule has 0 spiro atoms. The van der Waals surface area contributed by atoms with Gasteiger partial charge in [0.2, 0.25) is 11.1 Å². The number of nitrogens with two attached hydrogens (primary N) is 2. The van der Waals surface area contributed by atoms with Crippen LogP contribution in [0.2, 0.25) is 0 Å².